The molecule has 2 heterocycles. The smallest absolute Gasteiger partial charge is 0.126 e. The van der Waals surface area contributed by atoms with Gasteiger partial charge >= 0.3 is 0 Å². The molecule has 5 heteroatoms. The fourth-order valence-electron chi connectivity index (χ4n) is 1.26. The number of nitrogens with one attached hydrogen (secondary N) is 1. The predicted molar refractivity (Wildman–Crippen MR) is 68.0 cm³/mol. The molecule has 0 atom stereocenters. The van der Waals surface area contributed by atoms with E-state index in [1.807, 2.05) is 49.0 Å². The van der Waals surface area contributed by atoms with Gasteiger partial charge in [-0.3, -0.25) is 4.98 Å². The van der Waals surface area contributed by atoms with Crippen LogP contribution in [0.1, 0.15) is 4.88 Å². The number of pyridine rings is 1. The minimum Gasteiger partial charge on any atom is -0.376 e. The van der Waals surface area contributed by atoms with Crippen molar-refractivity contribution < 1.29 is 0 Å². The average molecular weight is 234 g/mol. The Hall–Kier alpha value is -1.62. The molecule has 0 aliphatic carbocycles. The first kappa shape index (κ1) is 10.9. The highest BCUT2D eigenvalue weighted by Crippen LogP contribution is 2.13. The molecule has 4 nitrogen and oxygen atoms in total. The zero-order valence-electron chi connectivity index (χ0n) is 9.34. The Morgan fingerprint density at radius 3 is 2.75 bits per heavy atom. The normalized spacial score (nSPS) is 10.1. The second kappa shape index (κ2) is 4.94. The van der Waals surface area contributed by atoms with Crippen LogP contribution in [0.5, 0.6) is 0 Å². The van der Waals surface area contributed by atoms with Crippen molar-refractivity contribution >= 4 is 22.8 Å². The lowest BCUT2D eigenvalue weighted by atomic mass is 10.4. The summed E-state index contributed by atoms with van der Waals surface area (Å²) >= 11 is 1.64. The van der Waals surface area contributed by atoms with E-state index < -0.39 is 0 Å². The average Bonchev–Trinajstić information content (AvgIpc) is 2.80. The molecular weight excluding hydrogens is 220 g/mol. The van der Waals surface area contributed by atoms with Crippen LogP contribution in [0.2, 0.25) is 0 Å². The molecule has 2 rings (SSSR count). The number of hydrogen-bond donors (Lipinski definition) is 1. The fraction of sp³-hybridized carbons (Fsp3) is 0.273. The molecule has 0 saturated carbocycles. The first-order chi connectivity index (χ1) is 7.75. The minimum atomic E-state index is 0.777. The molecular formula is C11H14N4S. The van der Waals surface area contributed by atoms with E-state index in [4.69, 9.17) is 0 Å². The monoisotopic (exact) mass is 234 g/mol. The highest BCUT2D eigenvalue weighted by Gasteiger charge is 1.98. The topological polar surface area (TPSA) is 41.0 Å². The standard InChI is InChI=1S/C11H14N4S/c1-15(2)9-3-4-11(13-5-9)14-7-10-6-12-8-16-10/h3-6,8H,7H2,1-2H3,(H,13,14). The summed E-state index contributed by atoms with van der Waals surface area (Å²) in [5.41, 5.74) is 2.93. The van der Waals surface area contributed by atoms with Gasteiger partial charge in [0.15, 0.2) is 0 Å². The van der Waals surface area contributed by atoms with E-state index >= 15 is 0 Å². The van der Waals surface area contributed by atoms with Crippen LogP contribution >= 0.6 is 11.3 Å². The van der Waals surface area contributed by atoms with Gasteiger partial charge in [0.05, 0.1) is 23.9 Å². The highest BCUT2D eigenvalue weighted by atomic mass is 32.1. The summed E-state index contributed by atoms with van der Waals surface area (Å²) in [4.78, 5) is 11.6. The van der Waals surface area contributed by atoms with Crippen LogP contribution in [0.3, 0.4) is 0 Å². The molecule has 0 fully saturated rings. The van der Waals surface area contributed by atoms with Gasteiger partial charge in [-0.25, -0.2) is 4.98 Å². The molecule has 0 radical (unpaired) electrons. The van der Waals surface area contributed by atoms with E-state index in [0.717, 1.165) is 18.1 Å². The third-order valence-corrected chi connectivity index (χ3v) is 2.97. The van der Waals surface area contributed by atoms with Crippen LogP contribution in [-0.2, 0) is 6.54 Å². The Kier molecular flexibility index (Phi) is 3.36. The van der Waals surface area contributed by atoms with Crippen LogP contribution in [0, 0.1) is 0 Å². The van der Waals surface area contributed by atoms with Gasteiger partial charge in [0.1, 0.15) is 5.82 Å². The van der Waals surface area contributed by atoms with Crippen molar-refractivity contribution in [3.63, 3.8) is 0 Å². The number of thiazole rings is 1. The van der Waals surface area contributed by atoms with Crippen LogP contribution in [0.25, 0.3) is 0 Å². The molecule has 1 N–H and O–H groups in total. The zero-order valence-corrected chi connectivity index (χ0v) is 10.2. The predicted octanol–water partition coefficient (Wildman–Crippen LogP) is 2.22. The van der Waals surface area contributed by atoms with Crippen molar-refractivity contribution in [2.45, 2.75) is 6.54 Å². The molecule has 0 spiro atoms. The van der Waals surface area contributed by atoms with E-state index in [2.05, 4.69) is 15.3 Å². The molecule has 0 aliphatic heterocycles. The summed E-state index contributed by atoms with van der Waals surface area (Å²) in [5, 5.41) is 3.25. The Morgan fingerprint density at radius 1 is 1.31 bits per heavy atom. The van der Waals surface area contributed by atoms with E-state index in [9.17, 15) is 0 Å². The molecule has 2 aromatic rings. The Labute approximate surface area is 99.0 Å². The quantitative estimate of drug-likeness (QED) is 0.880. The summed E-state index contributed by atoms with van der Waals surface area (Å²) < 4.78 is 0. The van der Waals surface area contributed by atoms with Gasteiger partial charge in [-0.05, 0) is 12.1 Å². The van der Waals surface area contributed by atoms with Crippen LogP contribution in [0.4, 0.5) is 11.5 Å². The molecule has 16 heavy (non-hydrogen) atoms. The first-order valence-corrected chi connectivity index (χ1v) is 5.88. The first-order valence-electron chi connectivity index (χ1n) is 5.00. The van der Waals surface area contributed by atoms with Gasteiger partial charge in [0.2, 0.25) is 0 Å². The maximum absolute atomic E-state index is 4.33. The van der Waals surface area contributed by atoms with Crippen molar-refractivity contribution in [3.8, 4) is 0 Å². The van der Waals surface area contributed by atoms with Crippen LogP contribution in [0.15, 0.2) is 30.0 Å². The lowest BCUT2D eigenvalue weighted by Crippen LogP contribution is -2.09. The Balaban J connectivity index is 1.95. The van der Waals surface area contributed by atoms with Gasteiger partial charge in [0, 0.05) is 25.2 Å². The van der Waals surface area contributed by atoms with Crippen LogP contribution < -0.4 is 10.2 Å². The Bertz CT molecular complexity index is 422. The molecule has 0 aromatic carbocycles. The Morgan fingerprint density at radius 2 is 2.19 bits per heavy atom. The van der Waals surface area contributed by atoms with Crippen molar-refractivity contribution in [1.29, 1.82) is 0 Å². The number of hydrogen-bond acceptors (Lipinski definition) is 5. The van der Waals surface area contributed by atoms with Crippen molar-refractivity contribution in [1.82, 2.24) is 9.97 Å². The van der Waals surface area contributed by atoms with Crippen LogP contribution in [-0.4, -0.2) is 24.1 Å². The van der Waals surface area contributed by atoms with E-state index in [1.54, 1.807) is 11.3 Å². The molecule has 0 amide bonds. The third-order valence-electron chi connectivity index (χ3n) is 2.19. The van der Waals surface area contributed by atoms with Gasteiger partial charge in [-0.2, -0.15) is 0 Å². The molecule has 2 aromatic heterocycles. The molecule has 0 aliphatic rings. The van der Waals surface area contributed by atoms with Gasteiger partial charge < -0.3 is 10.2 Å². The van der Waals surface area contributed by atoms with E-state index in [1.165, 1.54) is 4.88 Å². The summed E-state index contributed by atoms with van der Waals surface area (Å²) in [6, 6.07) is 4.03. The largest absolute Gasteiger partial charge is 0.376 e. The minimum absolute atomic E-state index is 0.777. The van der Waals surface area contributed by atoms with Gasteiger partial charge in [-0.1, -0.05) is 0 Å². The fourth-order valence-corrected chi connectivity index (χ4v) is 1.80. The maximum atomic E-state index is 4.33. The lowest BCUT2D eigenvalue weighted by molar-refractivity contribution is 1.09. The zero-order chi connectivity index (χ0) is 11.4. The van der Waals surface area contributed by atoms with Crippen molar-refractivity contribution in [3.05, 3.63) is 34.9 Å². The van der Waals surface area contributed by atoms with E-state index in [0.29, 0.717) is 0 Å². The molecule has 0 unspecified atom stereocenters. The van der Waals surface area contributed by atoms with Gasteiger partial charge in [-0.15, -0.1) is 11.3 Å². The molecule has 0 saturated heterocycles. The number of nitrogens with zero attached hydrogens (tertiary/aromatic N) is 3. The third kappa shape index (κ3) is 2.70. The lowest BCUT2D eigenvalue weighted by Gasteiger charge is -2.12. The molecule has 0 bridgehead atoms. The maximum Gasteiger partial charge on any atom is 0.126 e. The summed E-state index contributed by atoms with van der Waals surface area (Å²) in [7, 11) is 4.00. The van der Waals surface area contributed by atoms with Crippen molar-refractivity contribution in [2.24, 2.45) is 0 Å². The summed E-state index contributed by atoms with van der Waals surface area (Å²) in [5.74, 6) is 0.888. The number of aromatic nitrogens is 2. The second-order valence-electron chi connectivity index (χ2n) is 3.62. The summed E-state index contributed by atoms with van der Waals surface area (Å²) in [6.45, 7) is 0.777. The summed E-state index contributed by atoms with van der Waals surface area (Å²) in [6.07, 6.45) is 3.72. The van der Waals surface area contributed by atoms with E-state index in [-0.39, 0.29) is 0 Å². The van der Waals surface area contributed by atoms with Gasteiger partial charge in [0.25, 0.3) is 0 Å². The molecule has 84 valence electrons. The van der Waals surface area contributed by atoms with Crippen molar-refractivity contribution in [2.75, 3.05) is 24.3 Å². The number of rotatable bonds is 4. The highest BCUT2D eigenvalue weighted by molar-refractivity contribution is 7.09. The number of anilines is 2. The SMILES string of the molecule is CN(C)c1ccc(NCc2cncs2)nc1. The second-order valence-corrected chi connectivity index (χ2v) is 4.59.